The van der Waals surface area contributed by atoms with Crippen molar-refractivity contribution < 1.29 is 27.5 Å². The minimum absolute atomic E-state index is 0.0354. The van der Waals surface area contributed by atoms with E-state index in [0.29, 0.717) is 4.47 Å². The molecule has 0 saturated carbocycles. The molecule has 5 aromatic carbocycles. The molecule has 0 aliphatic rings. The molecule has 0 saturated heterocycles. The summed E-state index contributed by atoms with van der Waals surface area (Å²) in [6.45, 7) is 6.13. The van der Waals surface area contributed by atoms with E-state index in [1.165, 1.54) is 31.4 Å². The van der Waals surface area contributed by atoms with Gasteiger partial charge in [0.05, 0.1) is 23.3 Å². The van der Waals surface area contributed by atoms with Crippen molar-refractivity contribution in [2.45, 2.75) is 43.5 Å². The summed E-state index contributed by atoms with van der Waals surface area (Å²) in [5.41, 5.74) is 3.68. The van der Waals surface area contributed by atoms with E-state index in [-0.39, 0.29) is 28.0 Å². The third-order valence-electron chi connectivity index (χ3n) is 7.85. The molecule has 5 aromatic rings. The molecule has 0 fully saturated rings. The van der Waals surface area contributed by atoms with Crippen LogP contribution < -0.4 is 14.8 Å². The van der Waals surface area contributed by atoms with Gasteiger partial charge in [-0.1, -0.05) is 103 Å². The number of anilines is 1. The van der Waals surface area contributed by atoms with Crippen molar-refractivity contribution in [2.75, 3.05) is 11.8 Å². The fourth-order valence-electron chi connectivity index (χ4n) is 5.11. The lowest BCUT2D eigenvalue weighted by Crippen LogP contribution is -2.43. The summed E-state index contributed by atoms with van der Waals surface area (Å²) in [6.07, 6.45) is 0.151. The molecular formula is C39H37BrN2O6S. The lowest BCUT2D eigenvalue weighted by molar-refractivity contribution is -0.142. The predicted molar refractivity (Wildman–Crippen MR) is 195 cm³/mol. The van der Waals surface area contributed by atoms with Crippen molar-refractivity contribution in [2.24, 2.45) is 0 Å². The van der Waals surface area contributed by atoms with Gasteiger partial charge < -0.3 is 14.8 Å². The van der Waals surface area contributed by atoms with Crippen molar-refractivity contribution in [1.82, 2.24) is 5.32 Å². The average Bonchev–Trinajstić information content (AvgIpc) is 3.09. The zero-order valence-corrected chi connectivity index (χ0v) is 30.0. The smallest absolute Gasteiger partial charge is 0.328 e. The van der Waals surface area contributed by atoms with Gasteiger partial charge in [-0.25, -0.2) is 13.2 Å². The number of sulfonamides is 1. The van der Waals surface area contributed by atoms with Crippen LogP contribution in [0.1, 0.15) is 42.3 Å². The largest absolute Gasteiger partial charge is 0.467 e. The summed E-state index contributed by atoms with van der Waals surface area (Å²) >= 11 is 3.37. The van der Waals surface area contributed by atoms with E-state index in [1.807, 2.05) is 99.6 Å². The second kappa shape index (κ2) is 15.1. The summed E-state index contributed by atoms with van der Waals surface area (Å²) in [5.74, 6) is 0.194. The molecule has 0 spiro atoms. The van der Waals surface area contributed by atoms with Gasteiger partial charge in [-0.15, -0.1) is 0 Å². The van der Waals surface area contributed by atoms with Gasteiger partial charge in [0.15, 0.2) is 0 Å². The second-order valence-corrected chi connectivity index (χ2v) is 15.1. The zero-order chi connectivity index (χ0) is 35.2. The molecule has 0 unspecified atom stereocenters. The van der Waals surface area contributed by atoms with Crippen LogP contribution >= 0.6 is 15.9 Å². The summed E-state index contributed by atoms with van der Waals surface area (Å²) in [6, 6.07) is 35.1. The quantitative estimate of drug-likeness (QED) is 0.131. The molecule has 0 aliphatic heterocycles. The Balaban J connectivity index is 1.29. The maximum absolute atomic E-state index is 13.6. The first-order chi connectivity index (χ1) is 23.3. The lowest BCUT2D eigenvalue weighted by Gasteiger charge is -2.20. The molecule has 49 heavy (non-hydrogen) atoms. The van der Waals surface area contributed by atoms with E-state index < -0.39 is 27.9 Å². The highest BCUT2D eigenvalue weighted by atomic mass is 79.9. The monoisotopic (exact) mass is 740 g/mol. The lowest BCUT2D eigenvalue weighted by atomic mass is 9.87. The van der Waals surface area contributed by atoms with E-state index in [1.54, 1.807) is 18.2 Å². The highest BCUT2D eigenvalue weighted by Gasteiger charge is 2.26. The number of carbonyl (C=O) groups excluding carboxylic acids is 2. The van der Waals surface area contributed by atoms with Crippen LogP contribution in [0.3, 0.4) is 0 Å². The van der Waals surface area contributed by atoms with E-state index in [2.05, 4.69) is 26.0 Å². The van der Waals surface area contributed by atoms with Crippen LogP contribution in [-0.4, -0.2) is 33.4 Å². The van der Waals surface area contributed by atoms with Gasteiger partial charge in [0.2, 0.25) is 0 Å². The van der Waals surface area contributed by atoms with Crippen molar-refractivity contribution in [3.8, 4) is 22.6 Å². The Labute approximate surface area is 295 Å². The van der Waals surface area contributed by atoms with Crippen LogP contribution in [-0.2, 0) is 31.4 Å². The first kappa shape index (κ1) is 35.4. The highest BCUT2D eigenvalue weighted by molar-refractivity contribution is 9.10. The predicted octanol–water partition coefficient (Wildman–Crippen LogP) is 8.52. The molecular weight excluding hydrogens is 704 g/mol. The number of hydrogen-bond acceptors (Lipinski definition) is 6. The number of methoxy groups -OCH3 is 1. The van der Waals surface area contributed by atoms with Crippen LogP contribution in [0.5, 0.6) is 11.5 Å². The Morgan fingerprint density at radius 3 is 1.96 bits per heavy atom. The first-order valence-electron chi connectivity index (χ1n) is 15.6. The number of amides is 1. The number of hydrogen-bond donors (Lipinski definition) is 2. The molecule has 1 amide bonds. The van der Waals surface area contributed by atoms with E-state index in [0.717, 1.165) is 33.8 Å². The maximum Gasteiger partial charge on any atom is 0.328 e. The number of carbonyl (C=O) groups is 2. The standard InChI is InChI=1S/C39H37BrN2O6S/c1-39(2,3)29-16-21-33(22-17-29)49(45,46)42-35-23-18-30(40)25-34(35)37(43)41-36(38(44)47-4)24-26-10-12-27(13-11-26)28-14-19-32(20-15-28)48-31-8-6-5-7-9-31/h5-23,25,36,42H,24H2,1-4H3,(H,41,43)/t36-/m0/s1. The van der Waals surface area contributed by atoms with Crippen molar-refractivity contribution >= 4 is 43.5 Å². The first-order valence-corrected chi connectivity index (χ1v) is 17.8. The molecule has 0 heterocycles. The molecule has 252 valence electrons. The number of rotatable bonds is 11. The van der Waals surface area contributed by atoms with Gasteiger partial charge in [-0.2, -0.15) is 0 Å². The number of halogens is 1. The Morgan fingerprint density at radius 2 is 1.37 bits per heavy atom. The Hall–Kier alpha value is -4.93. The van der Waals surface area contributed by atoms with Gasteiger partial charge in [-0.3, -0.25) is 9.52 Å². The number of esters is 1. The number of ether oxygens (including phenoxy) is 2. The van der Waals surface area contributed by atoms with E-state index in [9.17, 15) is 18.0 Å². The minimum atomic E-state index is -4.03. The fourth-order valence-corrected chi connectivity index (χ4v) is 6.55. The Morgan fingerprint density at radius 1 is 0.776 bits per heavy atom. The van der Waals surface area contributed by atoms with E-state index in [4.69, 9.17) is 9.47 Å². The van der Waals surface area contributed by atoms with Gasteiger partial charge >= 0.3 is 5.97 Å². The third kappa shape index (κ3) is 9.16. The third-order valence-corrected chi connectivity index (χ3v) is 9.73. The van der Waals surface area contributed by atoms with Gasteiger partial charge in [0.25, 0.3) is 15.9 Å². The molecule has 2 N–H and O–H groups in total. The summed E-state index contributed by atoms with van der Waals surface area (Å²) in [4.78, 5) is 26.5. The topological polar surface area (TPSA) is 111 Å². The van der Waals surface area contributed by atoms with E-state index >= 15 is 0 Å². The molecule has 0 radical (unpaired) electrons. The number of nitrogens with one attached hydrogen (secondary N) is 2. The van der Waals surface area contributed by atoms with Gasteiger partial charge in [0, 0.05) is 10.9 Å². The molecule has 0 aliphatic carbocycles. The van der Waals surface area contributed by atoms with Crippen molar-refractivity contribution in [3.05, 3.63) is 142 Å². The van der Waals surface area contributed by atoms with Crippen molar-refractivity contribution in [1.29, 1.82) is 0 Å². The Kier molecular flexibility index (Phi) is 10.9. The normalized spacial score (nSPS) is 12.1. The summed E-state index contributed by atoms with van der Waals surface area (Å²) in [5, 5.41) is 2.74. The molecule has 1 atom stereocenters. The second-order valence-electron chi connectivity index (χ2n) is 12.5. The molecule has 5 rings (SSSR count). The van der Waals surface area contributed by atoms with Crippen LogP contribution in [0.2, 0.25) is 0 Å². The molecule has 8 nitrogen and oxygen atoms in total. The van der Waals surface area contributed by atoms with Crippen LogP contribution in [0.15, 0.2) is 131 Å². The SMILES string of the molecule is COC(=O)[C@H](Cc1ccc(-c2ccc(Oc3ccccc3)cc2)cc1)NC(=O)c1cc(Br)ccc1NS(=O)(=O)c1ccc(C(C)(C)C)cc1. The Bertz CT molecular complexity index is 2030. The van der Waals surface area contributed by atoms with Crippen LogP contribution in [0.25, 0.3) is 11.1 Å². The minimum Gasteiger partial charge on any atom is -0.467 e. The molecule has 10 heteroatoms. The number of para-hydroxylation sites is 1. The maximum atomic E-state index is 13.6. The van der Waals surface area contributed by atoms with Gasteiger partial charge in [-0.05, 0) is 82.3 Å². The highest BCUT2D eigenvalue weighted by Crippen LogP contribution is 2.28. The van der Waals surface area contributed by atoms with Crippen LogP contribution in [0.4, 0.5) is 5.69 Å². The zero-order valence-electron chi connectivity index (χ0n) is 27.6. The van der Waals surface area contributed by atoms with Crippen LogP contribution in [0, 0.1) is 0 Å². The summed E-state index contributed by atoms with van der Waals surface area (Å²) in [7, 11) is -2.78. The summed E-state index contributed by atoms with van der Waals surface area (Å²) < 4.78 is 40.6. The fraction of sp³-hybridized carbons (Fsp3) is 0.179. The molecule has 0 bridgehead atoms. The molecule has 0 aromatic heterocycles. The van der Waals surface area contributed by atoms with Gasteiger partial charge in [0.1, 0.15) is 17.5 Å². The number of benzene rings is 5. The average molecular weight is 742 g/mol. The van der Waals surface area contributed by atoms with Crippen molar-refractivity contribution in [3.63, 3.8) is 0 Å².